The normalized spacial score (nSPS) is 13.1. The molecule has 0 unspecified atom stereocenters. The number of hydrogen-bond donors (Lipinski definition) is 0. The van der Waals surface area contributed by atoms with Gasteiger partial charge in [-0.15, -0.1) is 0 Å². The van der Waals surface area contributed by atoms with Crippen molar-refractivity contribution in [2.24, 2.45) is 0 Å². The summed E-state index contributed by atoms with van der Waals surface area (Å²) in [5.74, 6) is 1.61. The summed E-state index contributed by atoms with van der Waals surface area (Å²) in [5.41, 5.74) is 4.31. The number of benzene rings is 2. The molecule has 2 aromatic carbocycles. The Labute approximate surface area is 125 Å². The lowest BCUT2D eigenvalue weighted by Gasteiger charge is -2.07. The van der Waals surface area contributed by atoms with Crippen LogP contribution < -0.4 is 4.74 Å². The molecule has 0 N–H and O–H groups in total. The van der Waals surface area contributed by atoms with Crippen LogP contribution in [0.25, 0.3) is 0 Å². The lowest BCUT2D eigenvalue weighted by Crippen LogP contribution is -2.04. The van der Waals surface area contributed by atoms with Crippen LogP contribution in [0.4, 0.5) is 0 Å². The molecule has 0 spiro atoms. The van der Waals surface area contributed by atoms with Gasteiger partial charge < -0.3 is 4.74 Å². The van der Waals surface area contributed by atoms with E-state index in [4.69, 9.17) is 4.74 Å². The predicted octanol–water partition coefficient (Wildman–Crippen LogP) is 4.17. The second-order valence-electron chi connectivity index (χ2n) is 5.92. The average molecular weight is 280 g/mol. The summed E-state index contributed by atoms with van der Waals surface area (Å²) in [7, 11) is 0. The Balaban J connectivity index is 1.74. The molecule has 0 amide bonds. The van der Waals surface area contributed by atoms with Gasteiger partial charge in [0.25, 0.3) is 0 Å². The summed E-state index contributed by atoms with van der Waals surface area (Å²) in [6.45, 7) is 5.07. The van der Waals surface area contributed by atoms with Crippen LogP contribution in [0.1, 0.15) is 46.8 Å². The molecule has 0 aromatic heterocycles. The number of fused-ring (bicyclic) bond motifs is 1. The molecule has 0 atom stereocenters. The average Bonchev–Trinajstić information content (AvgIpc) is 2.95. The third kappa shape index (κ3) is 2.99. The van der Waals surface area contributed by atoms with E-state index in [0.717, 1.165) is 35.5 Å². The summed E-state index contributed by atoms with van der Waals surface area (Å²) < 4.78 is 5.48. The fourth-order valence-corrected chi connectivity index (χ4v) is 2.67. The van der Waals surface area contributed by atoms with Crippen molar-refractivity contribution in [1.82, 2.24) is 0 Å². The monoisotopic (exact) mass is 280 g/mol. The number of rotatable bonds is 4. The van der Waals surface area contributed by atoms with Crippen LogP contribution in [-0.2, 0) is 12.8 Å². The summed E-state index contributed by atoms with van der Waals surface area (Å²) >= 11 is 0. The van der Waals surface area contributed by atoms with Crippen molar-refractivity contribution in [3.8, 4) is 5.75 Å². The molecule has 0 bridgehead atoms. The van der Waals surface area contributed by atoms with Crippen molar-refractivity contribution in [2.75, 3.05) is 6.61 Å². The number of carbonyl (C=O) groups is 1. The second-order valence-corrected chi connectivity index (χ2v) is 5.92. The molecule has 0 fully saturated rings. The maximum Gasteiger partial charge on any atom is 0.167 e. The van der Waals surface area contributed by atoms with Crippen LogP contribution in [0.2, 0.25) is 0 Å². The van der Waals surface area contributed by atoms with E-state index in [0.29, 0.717) is 12.3 Å². The number of Topliss-reactive ketones (excluding diaryl/α,β-unsaturated/α-hetero) is 1. The van der Waals surface area contributed by atoms with Crippen LogP contribution >= 0.6 is 0 Å². The third-order valence-electron chi connectivity index (χ3n) is 4.02. The van der Waals surface area contributed by atoms with Crippen molar-refractivity contribution in [3.05, 3.63) is 64.7 Å². The molecule has 0 radical (unpaired) electrons. The van der Waals surface area contributed by atoms with Gasteiger partial charge in [-0.1, -0.05) is 38.1 Å². The van der Waals surface area contributed by atoms with E-state index in [-0.39, 0.29) is 5.78 Å². The molecule has 1 heterocycles. The lowest BCUT2D eigenvalue weighted by molar-refractivity contribution is 0.0993. The maximum atomic E-state index is 12.4. The van der Waals surface area contributed by atoms with Crippen LogP contribution in [0.5, 0.6) is 5.75 Å². The van der Waals surface area contributed by atoms with E-state index < -0.39 is 0 Å². The molecule has 0 aliphatic carbocycles. The van der Waals surface area contributed by atoms with Gasteiger partial charge in [0.15, 0.2) is 5.78 Å². The fourth-order valence-electron chi connectivity index (χ4n) is 2.67. The highest BCUT2D eigenvalue weighted by Crippen LogP contribution is 2.26. The Hall–Kier alpha value is -2.09. The number of ether oxygens (including phenoxy) is 1. The van der Waals surface area contributed by atoms with E-state index in [1.807, 2.05) is 18.2 Å². The van der Waals surface area contributed by atoms with Crippen LogP contribution in [0.15, 0.2) is 42.5 Å². The molecule has 0 saturated carbocycles. The van der Waals surface area contributed by atoms with Gasteiger partial charge in [-0.2, -0.15) is 0 Å². The molecule has 3 rings (SSSR count). The minimum atomic E-state index is 0.169. The molecule has 1 aliphatic heterocycles. The topological polar surface area (TPSA) is 26.3 Å². The van der Waals surface area contributed by atoms with Gasteiger partial charge in [0.2, 0.25) is 0 Å². The Morgan fingerprint density at radius 1 is 1.14 bits per heavy atom. The molecule has 1 aliphatic rings. The van der Waals surface area contributed by atoms with Crippen molar-refractivity contribution in [3.63, 3.8) is 0 Å². The Kier molecular flexibility index (Phi) is 3.78. The van der Waals surface area contributed by atoms with Gasteiger partial charge in [0.1, 0.15) is 5.75 Å². The standard InChI is InChI=1S/C19H20O2/c1-13(2)15-5-3-14(4-6-15)11-18(20)16-7-8-19-17(12-16)9-10-21-19/h3-8,12-13H,9-11H2,1-2H3. The zero-order valence-electron chi connectivity index (χ0n) is 12.6. The van der Waals surface area contributed by atoms with E-state index in [9.17, 15) is 4.79 Å². The van der Waals surface area contributed by atoms with Crippen molar-refractivity contribution < 1.29 is 9.53 Å². The maximum absolute atomic E-state index is 12.4. The van der Waals surface area contributed by atoms with Gasteiger partial charge in [-0.05, 0) is 40.8 Å². The summed E-state index contributed by atoms with van der Waals surface area (Å²) in [6.07, 6.45) is 1.36. The zero-order valence-corrected chi connectivity index (χ0v) is 12.6. The predicted molar refractivity (Wildman–Crippen MR) is 84.2 cm³/mol. The van der Waals surface area contributed by atoms with E-state index in [2.05, 4.69) is 38.1 Å². The molecule has 21 heavy (non-hydrogen) atoms. The van der Waals surface area contributed by atoms with Gasteiger partial charge in [0.05, 0.1) is 6.61 Å². The van der Waals surface area contributed by atoms with E-state index in [1.54, 1.807) is 0 Å². The smallest absolute Gasteiger partial charge is 0.167 e. The van der Waals surface area contributed by atoms with Gasteiger partial charge in [-0.25, -0.2) is 0 Å². The minimum Gasteiger partial charge on any atom is -0.493 e. The summed E-state index contributed by atoms with van der Waals surface area (Å²) in [4.78, 5) is 12.4. The number of carbonyl (C=O) groups excluding carboxylic acids is 1. The van der Waals surface area contributed by atoms with Crippen LogP contribution in [0.3, 0.4) is 0 Å². The highest BCUT2D eigenvalue weighted by molar-refractivity contribution is 5.97. The first-order valence-corrected chi connectivity index (χ1v) is 7.51. The van der Waals surface area contributed by atoms with Gasteiger partial charge in [0, 0.05) is 18.4 Å². The Bertz CT molecular complexity index is 654. The lowest BCUT2D eigenvalue weighted by atomic mass is 9.97. The number of hydrogen-bond acceptors (Lipinski definition) is 2. The molecule has 0 saturated heterocycles. The number of ketones is 1. The van der Waals surface area contributed by atoms with Crippen LogP contribution in [0, 0.1) is 0 Å². The second kappa shape index (κ2) is 5.72. The first kappa shape index (κ1) is 13.9. The SMILES string of the molecule is CC(C)c1ccc(CC(=O)c2ccc3c(c2)CCO3)cc1. The highest BCUT2D eigenvalue weighted by Gasteiger charge is 2.15. The van der Waals surface area contributed by atoms with Crippen LogP contribution in [-0.4, -0.2) is 12.4 Å². The fraction of sp³-hybridized carbons (Fsp3) is 0.316. The van der Waals surface area contributed by atoms with Crippen molar-refractivity contribution in [2.45, 2.75) is 32.6 Å². The van der Waals surface area contributed by atoms with Crippen molar-refractivity contribution >= 4 is 5.78 Å². The Morgan fingerprint density at radius 2 is 1.90 bits per heavy atom. The molecule has 2 aromatic rings. The molecule has 108 valence electrons. The Morgan fingerprint density at radius 3 is 2.62 bits per heavy atom. The first-order valence-electron chi connectivity index (χ1n) is 7.51. The molecular weight excluding hydrogens is 260 g/mol. The molecular formula is C19H20O2. The highest BCUT2D eigenvalue weighted by atomic mass is 16.5. The van der Waals surface area contributed by atoms with Gasteiger partial charge >= 0.3 is 0 Å². The van der Waals surface area contributed by atoms with Crippen molar-refractivity contribution in [1.29, 1.82) is 0 Å². The summed E-state index contributed by atoms with van der Waals surface area (Å²) in [5, 5.41) is 0. The third-order valence-corrected chi connectivity index (χ3v) is 4.02. The minimum absolute atomic E-state index is 0.169. The van der Waals surface area contributed by atoms with E-state index >= 15 is 0 Å². The first-order chi connectivity index (χ1) is 10.1. The largest absolute Gasteiger partial charge is 0.493 e. The van der Waals surface area contributed by atoms with E-state index in [1.165, 1.54) is 5.56 Å². The molecule has 2 heteroatoms. The molecule has 2 nitrogen and oxygen atoms in total. The summed E-state index contributed by atoms with van der Waals surface area (Å²) in [6, 6.07) is 14.1. The van der Waals surface area contributed by atoms with Gasteiger partial charge in [-0.3, -0.25) is 4.79 Å². The quantitative estimate of drug-likeness (QED) is 0.786. The zero-order chi connectivity index (χ0) is 14.8.